The van der Waals surface area contributed by atoms with Crippen molar-refractivity contribution in [2.75, 3.05) is 38.1 Å². The third kappa shape index (κ3) is 4.53. The van der Waals surface area contributed by atoms with Gasteiger partial charge in [0, 0.05) is 31.9 Å². The largest absolute Gasteiger partial charge is 0.450 e. The number of benzene rings is 1. The summed E-state index contributed by atoms with van der Waals surface area (Å²) in [6, 6.07) is 5.87. The maximum absolute atomic E-state index is 12.5. The second-order valence-electron chi connectivity index (χ2n) is 6.09. The minimum absolute atomic E-state index is 0.316. The first-order valence-electron chi connectivity index (χ1n) is 9.14. The van der Waals surface area contributed by atoms with Crippen LogP contribution < -0.4 is 5.32 Å². The molecule has 1 fully saturated rings. The van der Waals surface area contributed by atoms with E-state index in [1.54, 1.807) is 11.8 Å². The molecule has 2 rings (SSSR count). The summed E-state index contributed by atoms with van der Waals surface area (Å²) in [6.45, 7) is 7.47. The molecule has 0 atom stereocenters. The van der Waals surface area contributed by atoms with Crippen LogP contribution in [0.25, 0.3) is 0 Å². The maximum Gasteiger partial charge on any atom is 0.409 e. The molecule has 0 bridgehead atoms. The number of aryl methyl sites for hydroxylation is 2. The number of carbonyl (C=O) groups is 3. The Hall–Kier alpha value is -2.57. The lowest BCUT2D eigenvalue weighted by molar-refractivity contribution is -0.144. The molecule has 1 aliphatic heterocycles. The number of piperazine rings is 1. The van der Waals surface area contributed by atoms with Gasteiger partial charge in [0.25, 0.3) is 0 Å². The summed E-state index contributed by atoms with van der Waals surface area (Å²) < 4.78 is 4.96. The Bertz CT molecular complexity index is 644. The smallest absolute Gasteiger partial charge is 0.409 e. The molecule has 1 heterocycles. The van der Waals surface area contributed by atoms with E-state index >= 15 is 0 Å². The van der Waals surface area contributed by atoms with Crippen molar-refractivity contribution < 1.29 is 19.1 Å². The minimum atomic E-state index is -0.634. The molecule has 0 aliphatic carbocycles. The highest BCUT2D eigenvalue weighted by atomic mass is 16.6. The molecule has 0 unspecified atom stereocenters. The van der Waals surface area contributed by atoms with E-state index in [0.717, 1.165) is 29.7 Å². The molecule has 1 aromatic carbocycles. The second kappa shape index (κ2) is 9.22. The standard InChI is InChI=1S/C19H27N3O4/c1-4-14-8-7-9-15(5-2)16(14)20-17(23)18(24)21-10-12-22(13-11-21)19(25)26-6-3/h7-9H,4-6,10-13H2,1-3H3,(H,20,23). The van der Waals surface area contributed by atoms with Gasteiger partial charge in [-0.25, -0.2) is 4.79 Å². The molecule has 1 aromatic rings. The zero-order valence-corrected chi connectivity index (χ0v) is 15.7. The molecule has 1 saturated heterocycles. The molecule has 0 spiro atoms. The van der Waals surface area contributed by atoms with Gasteiger partial charge in [-0.05, 0) is 30.9 Å². The number of nitrogens with one attached hydrogen (secondary N) is 1. The average molecular weight is 361 g/mol. The van der Waals surface area contributed by atoms with Gasteiger partial charge in [0.1, 0.15) is 0 Å². The molecule has 3 amide bonds. The van der Waals surface area contributed by atoms with Crippen molar-refractivity contribution in [2.24, 2.45) is 0 Å². The number of amides is 3. The monoisotopic (exact) mass is 361 g/mol. The Balaban J connectivity index is 1.99. The van der Waals surface area contributed by atoms with Gasteiger partial charge in [-0.3, -0.25) is 9.59 Å². The normalized spacial score (nSPS) is 14.1. The molecule has 0 saturated carbocycles. The molecule has 1 N–H and O–H groups in total. The zero-order valence-electron chi connectivity index (χ0n) is 15.7. The number of ether oxygens (including phenoxy) is 1. The highest BCUT2D eigenvalue weighted by Gasteiger charge is 2.28. The lowest BCUT2D eigenvalue weighted by Crippen LogP contribution is -2.53. The van der Waals surface area contributed by atoms with E-state index in [4.69, 9.17) is 4.74 Å². The Kier molecular flexibility index (Phi) is 7.00. The Morgan fingerprint density at radius 1 is 0.962 bits per heavy atom. The SMILES string of the molecule is CCOC(=O)N1CCN(C(=O)C(=O)Nc2c(CC)cccc2CC)CC1. The Morgan fingerprint density at radius 3 is 2.00 bits per heavy atom. The number of anilines is 1. The number of hydrogen-bond acceptors (Lipinski definition) is 4. The van der Waals surface area contributed by atoms with Crippen LogP contribution in [-0.2, 0) is 27.2 Å². The summed E-state index contributed by atoms with van der Waals surface area (Å²) in [5.74, 6) is -1.20. The maximum atomic E-state index is 12.5. The van der Waals surface area contributed by atoms with Crippen molar-refractivity contribution in [3.05, 3.63) is 29.3 Å². The van der Waals surface area contributed by atoms with Crippen LogP contribution in [0, 0.1) is 0 Å². The molecular weight excluding hydrogens is 334 g/mol. The first-order valence-corrected chi connectivity index (χ1v) is 9.14. The predicted molar refractivity (Wildman–Crippen MR) is 99.0 cm³/mol. The van der Waals surface area contributed by atoms with Gasteiger partial charge in [0.05, 0.1) is 6.61 Å². The van der Waals surface area contributed by atoms with E-state index in [0.29, 0.717) is 32.8 Å². The fraction of sp³-hybridized carbons (Fsp3) is 0.526. The molecule has 0 aromatic heterocycles. The van der Waals surface area contributed by atoms with Crippen molar-refractivity contribution in [2.45, 2.75) is 33.6 Å². The molecule has 26 heavy (non-hydrogen) atoms. The van der Waals surface area contributed by atoms with Crippen molar-refractivity contribution in [3.63, 3.8) is 0 Å². The van der Waals surface area contributed by atoms with Gasteiger partial charge < -0.3 is 19.9 Å². The van der Waals surface area contributed by atoms with E-state index in [2.05, 4.69) is 5.32 Å². The van der Waals surface area contributed by atoms with Crippen LogP contribution >= 0.6 is 0 Å². The third-order valence-corrected chi connectivity index (χ3v) is 4.52. The van der Waals surface area contributed by atoms with Crippen molar-refractivity contribution in [1.29, 1.82) is 0 Å². The molecule has 7 heteroatoms. The van der Waals surface area contributed by atoms with Gasteiger partial charge >= 0.3 is 17.9 Å². The topological polar surface area (TPSA) is 79.0 Å². The fourth-order valence-corrected chi connectivity index (χ4v) is 3.02. The van der Waals surface area contributed by atoms with Crippen LogP contribution in [0.4, 0.5) is 10.5 Å². The highest BCUT2D eigenvalue weighted by molar-refractivity contribution is 6.39. The highest BCUT2D eigenvalue weighted by Crippen LogP contribution is 2.22. The van der Waals surface area contributed by atoms with Crippen LogP contribution in [0.5, 0.6) is 0 Å². The Labute approximate surface area is 154 Å². The number of rotatable bonds is 4. The summed E-state index contributed by atoms with van der Waals surface area (Å²) in [7, 11) is 0. The van der Waals surface area contributed by atoms with E-state index in [-0.39, 0.29) is 6.09 Å². The van der Waals surface area contributed by atoms with E-state index in [1.807, 2.05) is 32.0 Å². The van der Waals surface area contributed by atoms with E-state index in [1.165, 1.54) is 4.90 Å². The van der Waals surface area contributed by atoms with Gasteiger partial charge in [0.2, 0.25) is 0 Å². The summed E-state index contributed by atoms with van der Waals surface area (Å²) in [5, 5.41) is 2.80. The van der Waals surface area contributed by atoms with Crippen molar-refractivity contribution in [3.8, 4) is 0 Å². The summed E-state index contributed by atoms with van der Waals surface area (Å²) in [4.78, 5) is 39.7. The molecule has 142 valence electrons. The van der Waals surface area contributed by atoms with Crippen LogP contribution in [0.1, 0.15) is 31.9 Å². The quantitative estimate of drug-likeness (QED) is 0.833. The van der Waals surface area contributed by atoms with Gasteiger partial charge in [-0.1, -0.05) is 32.0 Å². The zero-order chi connectivity index (χ0) is 19.1. The number of para-hydroxylation sites is 1. The number of carbonyl (C=O) groups excluding carboxylic acids is 3. The van der Waals surface area contributed by atoms with Crippen LogP contribution in [0.15, 0.2) is 18.2 Å². The van der Waals surface area contributed by atoms with Crippen LogP contribution in [0.3, 0.4) is 0 Å². The molecule has 7 nitrogen and oxygen atoms in total. The summed E-state index contributed by atoms with van der Waals surface area (Å²) in [5.41, 5.74) is 2.76. The van der Waals surface area contributed by atoms with Crippen LogP contribution in [0.2, 0.25) is 0 Å². The third-order valence-electron chi connectivity index (χ3n) is 4.52. The number of nitrogens with zero attached hydrogens (tertiary/aromatic N) is 2. The lowest BCUT2D eigenvalue weighted by atomic mass is 10.0. The van der Waals surface area contributed by atoms with Gasteiger partial charge in [-0.15, -0.1) is 0 Å². The first kappa shape index (κ1) is 19.8. The summed E-state index contributed by atoms with van der Waals surface area (Å²) >= 11 is 0. The molecular formula is C19H27N3O4. The summed E-state index contributed by atoms with van der Waals surface area (Å²) in [6.07, 6.45) is 1.17. The number of hydrogen-bond donors (Lipinski definition) is 1. The second-order valence-corrected chi connectivity index (χ2v) is 6.09. The van der Waals surface area contributed by atoms with Gasteiger partial charge in [-0.2, -0.15) is 0 Å². The minimum Gasteiger partial charge on any atom is -0.450 e. The average Bonchev–Trinajstić information content (AvgIpc) is 2.67. The first-order chi connectivity index (χ1) is 12.5. The predicted octanol–water partition coefficient (Wildman–Crippen LogP) is 2.05. The molecule has 0 radical (unpaired) electrons. The fourth-order valence-electron chi connectivity index (χ4n) is 3.02. The molecule has 1 aliphatic rings. The van der Waals surface area contributed by atoms with E-state index < -0.39 is 11.8 Å². The van der Waals surface area contributed by atoms with Gasteiger partial charge in [0.15, 0.2) is 0 Å². The van der Waals surface area contributed by atoms with Crippen molar-refractivity contribution in [1.82, 2.24) is 9.80 Å². The van der Waals surface area contributed by atoms with Crippen LogP contribution in [-0.4, -0.2) is 60.5 Å². The van der Waals surface area contributed by atoms with Crippen molar-refractivity contribution >= 4 is 23.6 Å². The van der Waals surface area contributed by atoms with E-state index in [9.17, 15) is 14.4 Å². The Morgan fingerprint density at radius 2 is 1.50 bits per heavy atom. The lowest BCUT2D eigenvalue weighted by Gasteiger charge is -2.33.